The quantitative estimate of drug-likeness (QED) is 0.488. The molecule has 1 atom stereocenters. The van der Waals surface area contributed by atoms with Gasteiger partial charge in [-0.1, -0.05) is 48.0 Å². The largest absolute Gasteiger partial charge is 0.466 e. The smallest absolute Gasteiger partial charge is 0.198 e. The summed E-state index contributed by atoms with van der Waals surface area (Å²) >= 11 is 6.33. The molecular formula is C24H21ClN2O. The van der Waals surface area contributed by atoms with Crippen molar-refractivity contribution >= 4 is 28.1 Å². The predicted molar refractivity (Wildman–Crippen MR) is 113 cm³/mol. The van der Waals surface area contributed by atoms with Gasteiger partial charge in [-0.25, -0.2) is 5.01 Å². The molecule has 1 aliphatic carbocycles. The van der Waals surface area contributed by atoms with E-state index in [1.54, 1.807) is 0 Å². The van der Waals surface area contributed by atoms with Gasteiger partial charge in [-0.05, 0) is 53.4 Å². The molecule has 0 radical (unpaired) electrons. The molecule has 1 spiro atoms. The number of hydrazone groups is 1. The minimum absolute atomic E-state index is 0.196. The zero-order valence-corrected chi connectivity index (χ0v) is 16.3. The van der Waals surface area contributed by atoms with Crippen LogP contribution in [0.2, 0.25) is 5.02 Å². The summed E-state index contributed by atoms with van der Waals surface area (Å²) in [6, 6.07) is 21.3. The Balaban J connectivity index is 1.46. The molecule has 3 aliphatic rings. The molecule has 3 aromatic rings. The highest BCUT2D eigenvalue weighted by Gasteiger charge is 2.51. The van der Waals surface area contributed by atoms with Crippen molar-refractivity contribution in [1.29, 1.82) is 0 Å². The molecule has 6 rings (SSSR count). The van der Waals surface area contributed by atoms with Crippen molar-refractivity contribution in [2.75, 3.05) is 0 Å². The Labute approximate surface area is 169 Å². The van der Waals surface area contributed by atoms with Crippen LogP contribution in [0.4, 0.5) is 0 Å². The van der Waals surface area contributed by atoms with Gasteiger partial charge in [0.05, 0.1) is 11.8 Å². The van der Waals surface area contributed by atoms with Gasteiger partial charge in [-0.15, -0.1) is 0 Å². The number of fused-ring (bicyclic) bond motifs is 5. The second-order valence-electron chi connectivity index (χ2n) is 8.11. The van der Waals surface area contributed by atoms with E-state index in [-0.39, 0.29) is 11.8 Å². The molecule has 4 heteroatoms. The number of halogens is 1. The highest BCUT2D eigenvalue weighted by molar-refractivity contribution is 6.30. The number of rotatable bonds is 1. The molecular weight excluding hydrogens is 368 g/mol. The molecule has 0 bridgehead atoms. The molecule has 2 aliphatic heterocycles. The molecule has 0 aromatic heterocycles. The highest BCUT2D eigenvalue weighted by Crippen LogP contribution is 2.52. The van der Waals surface area contributed by atoms with Gasteiger partial charge >= 0.3 is 0 Å². The third kappa shape index (κ3) is 2.39. The maximum atomic E-state index is 6.56. The minimum Gasteiger partial charge on any atom is -0.466 e. The van der Waals surface area contributed by atoms with Crippen LogP contribution in [0.3, 0.4) is 0 Å². The number of hydrogen-bond acceptors (Lipinski definition) is 3. The molecule has 0 amide bonds. The summed E-state index contributed by atoms with van der Waals surface area (Å²) in [5, 5.41) is 10.7. The summed E-state index contributed by atoms with van der Waals surface area (Å²) in [4.78, 5) is 0. The number of hydrogen-bond donors (Lipinski definition) is 0. The van der Waals surface area contributed by atoms with Crippen LogP contribution < -0.4 is 4.74 Å². The van der Waals surface area contributed by atoms with Gasteiger partial charge < -0.3 is 4.74 Å². The van der Waals surface area contributed by atoms with Gasteiger partial charge in [-0.2, -0.15) is 5.10 Å². The first kappa shape index (κ1) is 16.4. The lowest BCUT2D eigenvalue weighted by atomic mass is 9.93. The van der Waals surface area contributed by atoms with Crippen LogP contribution in [0.5, 0.6) is 5.75 Å². The van der Waals surface area contributed by atoms with Crippen molar-refractivity contribution in [3.05, 3.63) is 76.8 Å². The first-order valence-corrected chi connectivity index (χ1v) is 10.4. The van der Waals surface area contributed by atoms with E-state index in [1.807, 2.05) is 12.1 Å². The lowest BCUT2D eigenvalue weighted by molar-refractivity contribution is -0.114. The molecule has 1 saturated carbocycles. The van der Waals surface area contributed by atoms with E-state index in [1.165, 1.54) is 29.2 Å². The maximum absolute atomic E-state index is 6.56. The molecule has 0 unspecified atom stereocenters. The molecule has 2 heterocycles. The molecule has 28 heavy (non-hydrogen) atoms. The Morgan fingerprint density at radius 1 is 0.964 bits per heavy atom. The van der Waals surface area contributed by atoms with E-state index in [2.05, 4.69) is 53.5 Å². The lowest BCUT2D eigenvalue weighted by Crippen LogP contribution is -2.51. The van der Waals surface area contributed by atoms with Crippen LogP contribution in [0, 0.1) is 0 Å². The van der Waals surface area contributed by atoms with Crippen LogP contribution in [0.25, 0.3) is 10.8 Å². The Morgan fingerprint density at radius 3 is 2.64 bits per heavy atom. The second-order valence-corrected chi connectivity index (χ2v) is 8.55. The predicted octanol–water partition coefficient (Wildman–Crippen LogP) is 6.31. The Morgan fingerprint density at radius 2 is 1.79 bits per heavy atom. The van der Waals surface area contributed by atoms with Gasteiger partial charge in [-0.3, -0.25) is 0 Å². The monoisotopic (exact) mass is 388 g/mol. The molecule has 140 valence electrons. The summed E-state index contributed by atoms with van der Waals surface area (Å²) in [5.41, 5.74) is 3.19. The second kappa shape index (κ2) is 5.99. The third-order valence-electron chi connectivity index (χ3n) is 6.43. The van der Waals surface area contributed by atoms with Crippen molar-refractivity contribution in [1.82, 2.24) is 5.01 Å². The Bertz CT molecular complexity index is 1120. The topological polar surface area (TPSA) is 24.8 Å². The van der Waals surface area contributed by atoms with Gasteiger partial charge in [0.15, 0.2) is 5.72 Å². The first-order valence-electron chi connectivity index (χ1n) is 10.1. The third-order valence-corrected chi connectivity index (χ3v) is 6.66. The number of ether oxygens (including phenoxy) is 1. The van der Waals surface area contributed by atoms with E-state index in [0.717, 1.165) is 41.3 Å². The molecule has 3 nitrogen and oxygen atoms in total. The van der Waals surface area contributed by atoms with E-state index < -0.39 is 0 Å². The fourth-order valence-corrected chi connectivity index (χ4v) is 5.23. The molecule has 3 aromatic carbocycles. The normalized spacial score (nSPS) is 22.1. The molecule has 0 saturated heterocycles. The van der Waals surface area contributed by atoms with Crippen molar-refractivity contribution in [3.63, 3.8) is 0 Å². The lowest BCUT2D eigenvalue weighted by Gasteiger charge is -2.45. The van der Waals surface area contributed by atoms with Gasteiger partial charge in [0.2, 0.25) is 0 Å². The van der Waals surface area contributed by atoms with Crippen LogP contribution in [0.15, 0.2) is 65.8 Å². The Kier molecular flexibility index (Phi) is 3.51. The zero-order chi connectivity index (χ0) is 18.7. The van der Waals surface area contributed by atoms with Gasteiger partial charge in [0, 0.05) is 29.8 Å². The standard InChI is InChI=1S/C24H21ClN2O/c25-19-9-10-23-20(14-19)22-15-21(26-27(22)24(28-23)11-3-4-12-24)18-8-7-16-5-1-2-6-17(16)13-18/h1-2,5-10,13-14,22H,3-4,11-12,15H2/t22-/m0/s1. The van der Waals surface area contributed by atoms with Crippen LogP contribution in [-0.2, 0) is 0 Å². The van der Waals surface area contributed by atoms with E-state index in [4.69, 9.17) is 21.4 Å². The van der Waals surface area contributed by atoms with Crippen LogP contribution in [-0.4, -0.2) is 16.4 Å². The average Bonchev–Trinajstić information content (AvgIpc) is 3.37. The van der Waals surface area contributed by atoms with E-state index >= 15 is 0 Å². The summed E-state index contributed by atoms with van der Waals surface area (Å²) in [7, 11) is 0. The minimum atomic E-state index is -0.301. The summed E-state index contributed by atoms with van der Waals surface area (Å²) in [5.74, 6) is 0.975. The van der Waals surface area contributed by atoms with Gasteiger partial charge in [0.25, 0.3) is 0 Å². The fraction of sp³-hybridized carbons (Fsp3) is 0.292. The highest BCUT2D eigenvalue weighted by atomic mass is 35.5. The fourth-order valence-electron chi connectivity index (χ4n) is 5.05. The van der Waals surface area contributed by atoms with E-state index in [0.29, 0.717) is 0 Å². The van der Waals surface area contributed by atoms with Crippen molar-refractivity contribution < 1.29 is 4.74 Å². The van der Waals surface area contributed by atoms with Crippen molar-refractivity contribution in [2.45, 2.75) is 43.9 Å². The summed E-state index contributed by atoms with van der Waals surface area (Å²) in [6.45, 7) is 0. The van der Waals surface area contributed by atoms with Crippen molar-refractivity contribution in [2.24, 2.45) is 5.10 Å². The average molecular weight is 389 g/mol. The van der Waals surface area contributed by atoms with Gasteiger partial charge in [0.1, 0.15) is 5.75 Å². The first-order chi connectivity index (χ1) is 13.7. The summed E-state index contributed by atoms with van der Waals surface area (Å²) in [6.07, 6.45) is 5.32. The summed E-state index contributed by atoms with van der Waals surface area (Å²) < 4.78 is 6.56. The number of benzene rings is 3. The van der Waals surface area contributed by atoms with Crippen molar-refractivity contribution in [3.8, 4) is 5.75 Å². The molecule has 0 N–H and O–H groups in total. The Hall–Kier alpha value is -2.52. The van der Waals surface area contributed by atoms with Crippen LogP contribution in [0.1, 0.15) is 49.3 Å². The van der Waals surface area contributed by atoms with Crippen LogP contribution >= 0.6 is 11.6 Å². The number of nitrogens with zero attached hydrogens (tertiary/aromatic N) is 2. The molecule has 1 fully saturated rings. The zero-order valence-electron chi connectivity index (χ0n) is 15.6. The SMILES string of the molecule is Clc1ccc2c(c1)[C@@H]1CC(c3ccc4ccccc4c3)=NN1C1(CCCC1)O2. The maximum Gasteiger partial charge on any atom is 0.198 e. The van der Waals surface area contributed by atoms with E-state index in [9.17, 15) is 0 Å².